The molecule has 0 unspecified atom stereocenters. The van der Waals surface area contributed by atoms with Gasteiger partial charge in [-0.05, 0) is 99.2 Å². The maximum absolute atomic E-state index is 13.2. The number of alkyl halides is 3. The van der Waals surface area contributed by atoms with Gasteiger partial charge in [0.05, 0.1) is 86.1 Å². The highest BCUT2D eigenvalue weighted by atomic mass is 32.2. The first-order valence-corrected chi connectivity index (χ1v) is 19.0. The molecule has 0 bridgehead atoms. The van der Waals surface area contributed by atoms with Gasteiger partial charge in [-0.2, -0.15) is 23.5 Å². The number of halogens is 3. The summed E-state index contributed by atoms with van der Waals surface area (Å²) < 4.78 is 49.2. The van der Waals surface area contributed by atoms with Gasteiger partial charge in [0.25, 0.3) is 0 Å². The third-order valence-corrected chi connectivity index (χ3v) is 10.3. The molecule has 55 heavy (non-hydrogen) atoms. The highest BCUT2D eigenvalue weighted by Crippen LogP contribution is 2.33. The average molecular weight is 776 g/mol. The summed E-state index contributed by atoms with van der Waals surface area (Å²) in [5, 5.41) is 13.3. The maximum Gasteiger partial charge on any atom is 0.416 e. The Morgan fingerprint density at radius 3 is 2.16 bits per heavy atom. The summed E-state index contributed by atoms with van der Waals surface area (Å²) in [6.45, 7) is 5.06. The molecule has 5 aromatic rings. The average Bonchev–Trinajstić information content (AvgIpc) is 3.74. The van der Waals surface area contributed by atoms with E-state index in [0.29, 0.717) is 16.9 Å². The van der Waals surface area contributed by atoms with Gasteiger partial charge < -0.3 is 8.67 Å². The van der Waals surface area contributed by atoms with E-state index in [2.05, 4.69) is 33.2 Å². The molecular formula is C42H50F3N6O3S+. The molecular weight excluding hydrogens is 726 g/mol. The second kappa shape index (κ2) is 19.1. The van der Waals surface area contributed by atoms with E-state index in [-0.39, 0.29) is 17.1 Å². The Balaban J connectivity index is 0.000000248. The van der Waals surface area contributed by atoms with Crippen LogP contribution in [0.2, 0.25) is 0 Å². The van der Waals surface area contributed by atoms with Gasteiger partial charge in [0.15, 0.2) is 0 Å². The summed E-state index contributed by atoms with van der Waals surface area (Å²) in [6.07, 6.45) is 5.59. The molecule has 0 atom stereocenters. The lowest BCUT2D eigenvalue weighted by atomic mass is 9.82. The fourth-order valence-electron chi connectivity index (χ4n) is 6.88. The van der Waals surface area contributed by atoms with Gasteiger partial charge >= 0.3 is 11.9 Å². The zero-order valence-corrected chi connectivity index (χ0v) is 33.3. The predicted octanol–water partition coefficient (Wildman–Crippen LogP) is 9.74. The molecule has 6 rings (SSSR count). The third-order valence-electron chi connectivity index (χ3n) is 9.69. The van der Waals surface area contributed by atoms with Crippen LogP contribution in [0.1, 0.15) is 74.0 Å². The molecule has 1 saturated carbocycles. The quantitative estimate of drug-likeness (QED) is 0.115. The zero-order chi connectivity index (χ0) is 40.3. The van der Waals surface area contributed by atoms with Crippen molar-refractivity contribution in [2.45, 2.75) is 76.4 Å². The number of benzene rings is 3. The molecule has 0 N–H and O–H groups in total. The molecule has 0 spiro atoms. The summed E-state index contributed by atoms with van der Waals surface area (Å²) in [5.41, 5.74) is 0.153. The van der Waals surface area contributed by atoms with E-state index in [0.717, 1.165) is 38.1 Å². The highest BCUT2D eigenvalue weighted by molar-refractivity contribution is 7.94. The van der Waals surface area contributed by atoms with Crippen molar-refractivity contribution in [2.24, 2.45) is 5.92 Å². The molecule has 2 heterocycles. The second-order valence-corrected chi connectivity index (χ2v) is 15.4. The van der Waals surface area contributed by atoms with Crippen LogP contribution in [-0.2, 0) is 10.4 Å². The van der Waals surface area contributed by atoms with Crippen LogP contribution in [0, 0.1) is 24.2 Å². The van der Waals surface area contributed by atoms with Gasteiger partial charge in [0.2, 0.25) is 5.91 Å². The first-order valence-electron chi connectivity index (χ1n) is 18.2. The number of nitriles is 1. The molecule has 9 nitrogen and oxygen atoms in total. The number of hydrogen-bond donors (Lipinski definition) is 0. The van der Waals surface area contributed by atoms with Crippen molar-refractivity contribution < 1.29 is 26.6 Å². The number of imidazole rings is 1. The Morgan fingerprint density at radius 2 is 1.62 bits per heavy atom. The van der Waals surface area contributed by atoms with Crippen molar-refractivity contribution in [2.75, 3.05) is 28.3 Å². The lowest BCUT2D eigenvalue weighted by Crippen LogP contribution is -2.46. The van der Waals surface area contributed by atoms with Gasteiger partial charge in [0, 0.05) is 23.9 Å². The number of carbonyl (C=O) groups excluding carboxylic acids is 1. The predicted molar refractivity (Wildman–Crippen MR) is 211 cm³/mol. The van der Waals surface area contributed by atoms with E-state index >= 15 is 0 Å². The Morgan fingerprint density at radius 1 is 0.964 bits per heavy atom. The van der Waals surface area contributed by atoms with Crippen molar-refractivity contribution >= 4 is 17.9 Å². The Hall–Kier alpha value is -4.90. The lowest BCUT2D eigenvalue weighted by molar-refractivity contribution is -0.897. The smallest absolute Gasteiger partial charge is 0.328 e. The first kappa shape index (κ1) is 42.8. The van der Waals surface area contributed by atoms with Gasteiger partial charge in [-0.3, -0.25) is 9.36 Å². The van der Waals surface area contributed by atoms with E-state index in [9.17, 15) is 22.8 Å². The fraction of sp³-hybridized carbons (Fsp3) is 0.381. The van der Waals surface area contributed by atoms with Crippen LogP contribution in [0.15, 0.2) is 101 Å². The Labute approximate surface area is 325 Å². The summed E-state index contributed by atoms with van der Waals surface area (Å²) in [5.74, 6) is 0.448. The summed E-state index contributed by atoms with van der Waals surface area (Å²) in [4.78, 5) is 26.8. The first-order chi connectivity index (χ1) is 26.1. The molecule has 3 aromatic carbocycles. The third kappa shape index (κ3) is 11.1. The van der Waals surface area contributed by atoms with Gasteiger partial charge in [-0.25, -0.2) is 14.0 Å². The van der Waals surface area contributed by atoms with E-state index < -0.39 is 23.3 Å². The number of carbonyl (C=O) groups is 1. The topological polar surface area (TPSA) is 94.8 Å². The van der Waals surface area contributed by atoms with Crippen molar-refractivity contribution in [1.29, 1.82) is 5.26 Å². The largest absolute Gasteiger partial charge is 0.416 e. The van der Waals surface area contributed by atoms with E-state index in [1.165, 1.54) is 85.0 Å². The molecule has 292 valence electrons. The maximum atomic E-state index is 13.2. The number of rotatable bonds is 8. The number of nitrogens with zero attached hydrogens (tertiary/aromatic N) is 6. The number of aromatic nitrogens is 4. The van der Waals surface area contributed by atoms with Crippen LogP contribution < -0.4 is 5.69 Å². The van der Waals surface area contributed by atoms with Crippen LogP contribution >= 0.6 is 12.0 Å². The minimum Gasteiger partial charge on any atom is -0.328 e. The molecule has 0 aliphatic heterocycles. The van der Waals surface area contributed by atoms with E-state index in [4.69, 9.17) is 9.44 Å². The van der Waals surface area contributed by atoms with Gasteiger partial charge in [0.1, 0.15) is 0 Å². The molecule has 1 aliphatic rings. The lowest BCUT2D eigenvalue weighted by Gasteiger charge is -2.38. The highest BCUT2D eigenvalue weighted by Gasteiger charge is 2.32. The van der Waals surface area contributed by atoms with E-state index in [1.807, 2.05) is 36.4 Å². The van der Waals surface area contributed by atoms with Gasteiger partial charge in [-0.15, -0.1) is 0 Å². The molecule has 1 aliphatic carbocycles. The molecule has 2 aromatic heterocycles. The normalized spacial score (nSPS) is 15.6. The van der Waals surface area contributed by atoms with Gasteiger partial charge in [-0.1, -0.05) is 44.0 Å². The fourth-order valence-corrected chi connectivity index (χ4v) is 7.34. The van der Waals surface area contributed by atoms with E-state index in [1.54, 1.807) is 44.4 Å². The number of hydrogen-bond acceptors (Lipinski definition) is 6. The SMILES string of the molecule is CC(=O)n1c(-c2ccnn2-c2ccc(C#N)cc2)c(C)n(-c2cccc(C(F)(F)F)c2)c1=O.CCCC1CCC([N+](C)(C)C)CC1.COSc1ccccc1. The number of quaternary nitrogens is 1. The monoisotopic (exact) mass is 775 g/mol. The van der Waals surface area contributed by atoms with Crippen LogP contribution in [0.4, 0.5) is 13.2 Å². The van der Waals surface area contributed by atoms with Crippen molar-refractivity contribution in [3.05, 3.63) is 118 Å². The molecule has 13 heteroatoms. The standard InChI is InChI=1S/C23H16F3N5O2.C12H26N.C7H8OS/c1-14-21(20-10-11-28-31(20)18-8-6-16(13-27)7-9-18)30(15(2)32)22(33)29(14)19-5-3-4-17(12-19)23(24,25)26;1-5-6-11-7-9-12(10-8-11)13(2,3)4;1-8-9-7-5-3-2-4-6-7/h3-12H,1-2H3;11-12H,5-10H2,1-4H3;2-6H,1H3/q;+1;. The Kier molecular flexibility index (Phi) is 14.9. The minimum absolute atomic E-state index is 0.0157. The van der Waals surface area contributed by atoms with Crippen molar-refractivity contribution in [1.82, 2.24) is 18.9 Å². The van der Waals surface area contributed by atoms with Crippen molar-refractivity contribution in [3.63, 3.8) is 0 Å². The molecule has 0 radical (unpaired) electrons. The van der Waals surface area contributed by atoms with Crippen LogP contribution in [0.5, 0.6) is 0 Å². The van der Waals surface area contributed by atoms with Crippen LogP contribution in [-0.4, -0.2) is 63.6 Å². The van der Waals surface area contributed by atoms with Crippen LogP contribution in [0.25, 0.3) is 22.8 Å². The van der Waals surface area contributed by atoms with Crippen LogP contribution in [0.3, 0.4) is 0 Å². The summed E-state index contributed by atoms with van der Waals surface area (Å²) >= 11 is 1.38. The zero-order valence-electron chi connectivity index (χ0n) is 32.5. The summed E-state index contributed by atoms with van der Waals surface area (Å²) in [7, 11) is 8.68. The minimum atomic E-state index is -4.59. The molecule has 0 amide bonds. The molecule has 1 fully saturated rings. The molecule has 0 saturated heterocycles. The second-order valence-electron chi connectivity index (χ2n) is 14.4. The Bertz CT molecular complexity index is 2100. The van der Waals surface area contributed by atoms with Crippen molar-refractivity contribution in [3.8, 4) is 28.8 Å². The summed E-state index contributed by atoms with van der Waals surface area (Å²) in [6, 6.07) is 25.4.